The molecule has 0 saturated carbocycles. The van der Waals surface area contributed by atoms with E-state index in [1.165, 1.54) is 13.2 Å². The number of rotatable bonds is 6. The van der Waals surface area contributed by atoms with Crippen LogP contribution < -0.4 is 9.47 Å². The molecule has 0 aliphatic carbocycles. The predicted octanol–water partition coefficient (Wildman–Crippen LogP) is 2.22. The fraction of sp³-hybridized carbons (Fsp3) is 0.294. The van der Waals surface area contributed by atoms with E-state index in [0.717, 1.165) is 0 Å². The van der Waals surface area contributed by atoms with Gasteiger partial charge in [0.15, 0.2) is 11.5 Å². The van der Waals surface area contributed by atoms with Gasteiger partial charge < -0.3 is 24.8 Å². The highest BCUT2D eigenvalue weighted by molar-refractivity contribution is 5.44. The molecule has 0 aliphatic heterocycles. The van der Waals surface area contributed by atoms with E-state index in [9.17, 15) is 15.3 Å². The molecule has 2 unspecified atom stereocenters. The minimum absolute atomic E-state index is 0.00344. The molecule has 0 radical (unpaired) electrons. The van der Waals surface area contributed by atoms with E-state index in [1.54, 1.807) is 31.4 Å². The minimum Gasteiger partial charge on any atom is -0.504 e. The van der Waals surface area contributed by atoms with Crippen LogP contribution in [-0.2, 0) is 0 Å². The van der Waals surface area contributed by atoms with E-state index in [0.29, 0.717) is 16.9 Å². The third-order valence-electron chi connectivity index (χ3n) is 3.66. The second-order valence-electron chi connectivity index (χ2n) is 4.91. The highest BCUT2D eigenvalue weighted by Crippen LogP contribution is 2.38. The normalized spacial score (nSPS) is 13.5. The molecule has 0 bridgehead atoms. The van der Waals surface area contributed by atoms with Gasteiger partial charge in [0.25, 0.3) is 0 Å². The van der Waals surface area contributed by atoms with Gasteiger partial charge in [-0.15, -0.1) is 0 Å². The van der Waals surface area contributed by atoms with Crippen LogP contribution in [0.2, 0.25) is 0 Å². The topological polar surface area (TPSA) is 79.2 Å². The van der Waals surface area contributed by atoms with E-state index in [-0.39, 0.29) is 18.1 Å². The quantitative estimate of drug-likeness (QED) is 0.762. The summed E-state index contributed by atoms with van der Waals surface area (Å²) in [6, 6.07) is 11.8. The number of aromatic hydroxyl groups is 1. The van der Waals surface area contributed by atoms with Crippen molar-refractivity contribution >= 4 is 0 Å². The number of hydrogen-bond donors (Lipinski definition) is 3. The van der Waals surface area contributed by atoms with Crippen molar-refractivity contribution in [2.45, 2.75) is 12.0 Å². The molecule has 22 heavy (non-hydrogen) atoms. The number of aliphatic hydroxyl groups is 2. The fourth-order valence-electron chi connectivity index (χ4n) is 2.45. The third kappa shape index (κ3) is 3.16. The van der Waals surface area contributed by atoms with Crippen LogP contribution in [0.5, 0.6) is 17.2 Å². The molecule has 5 heteroatoms. The molecule has 118 valence electrons. The molecule has 2 aromatic rings. The highest BCUT2D eigenvalue weighted by atomic mass is 16.5. The summed E-state index contributed by atoms with van der Waals surface area (Å²) in [7, 11) is 2.98. The van der Waals surface area contributed by atoms with Gasteiger partial charge >= 0.3 is 0 Å². The summed E-state index contributed by atoms with van der Waals surface area (Å²) in [5, 5.41) is 30.0. The van der Waals surface area contributed by atoms with E-state index in [4.69, 9.17) is 9.47 Å². The minimum atomic E-state index is -0.962. The highest BCUT2D eigenvalue weighted by Gasteiger charge is 2.25. The number of benzene rings is 2. The summed E-state index contributed by atoms with van der Waals surface area (Å²) in [6.45, 7) is -0.245. The third-order valence-corrected chi connectivity index (χ3v) is 3.66. The Hall–Kier alpha value is -2.24. The first-order valence-electron chi connectivity index (χ1n) is 6.91. The molecule has 2 aromatic carbocycles. The Morgan fingerprint density at radius 2 is 1.68 bits per heavy atom. The number of phenolic OH excluding ortho intramolecular Hbond substituents is 1. The maximum absolute atomic E-state index is 10.6. The molecule has 0 aromatic heterocycles. The Bertz CT molecular complexity index is 626. The van der Waals surface area contributed by atoms with Crippen molar-refractivity contribution in [3.63, 3.8) is 0 Å². The smallest absolute Gasteiger partial charge is 0.160 e. The van der Waals surface area contributed by atoms with Crippen LogP contribution in [0, 0.1) is 0 Å². The van der Waals surface area contributed by atoms with E-state index < -0.39 is 12.0 Å². The Balaban J connectivity index is 2.38. The molecule has 0 amide bonds. The average Bonchev–Trinajstić information content (AvgIpc) is 2.56. The Morgan fingerprint density at radius 3 is 2.32 bits per heavy atom. The summed E-state index contributed by atoms with van der Waals surface area (Å²) in [4.78, 5) is 0. The average molecular weight is 304 g/mol. The molecule has 5 nitrogen and oxygen atoms in total. The SMILES string of the molecule is COc1cc(C(O)C(CO)c2ccccc2OC)ccc1O. The predicted molar refractivity (Wildman–Crippen MR) is 82.4 cm³/mol. The molecule has 0 heterocycles. The van der Waals surface area contributed by atoms with Gasteiger partial charge in [-0.2, -0.15) is 0 Å². The van der Waals surface area contributed by atoms with Crippen molar-refractivity contribution in [2.75, 3.05) is 20.8 Å². The van der Waals surface area contributed by atoms with Gasteiger partial charge in [0.05, 0.1) is 26.9 Å². The summed E-state index contributed by atoms with van der Waals surface area (Å²) in [5.74, 6) is 0.321. The van der Waals surface area contributed by atoms with Gasteiger partial charge in [0.1, 0.15) is 5.75 Å². The Labute approximate surface area is 129 Å². The monoisotopic (exact) mass is 304 g/mol. The lowest BCUT2D eigenvalue weighted by Gasteiger charge is -2.24. The second-order valence-corrected chi connectivity index (χ2v) is 4.91. The zero-order valence-electron chi connectivity index (χ0n) is 12.6. The molecule has 0 saturated heterocycles. The standard InChI is InChI=1S/C17H20O5/c1-21-15-6-4-3-5-12(15)13(10-18)17(20)11-7-8-14(19)16(9-11)22-2/h3-9,13,17-20H,10H2,1-2H3. The summed E-state index contributed by atoms with van der Waals surface area (Å²) >= 11 is 0. The van der Waals surface area contributed by atoms with Crippen LogP contribution in [0.15, 0.2) is 42.5 Å². The van der Waals surface area contributed by atoms with Crippen molar-refractivity contribution < 1.29 is 24.8 Å². The summed E-state index contributed by atoms with van der Waals surface area (Å²) < 4.78 is 10.3. The van der Waals surface area contributed by atoms with Crippen molar-refractivity contribution in [3.05, 3.63) is 53.6 Å². The number of para-hydroxylation sites is 1. The van der Waals surface area contributed by atoms with Crippen LogP contribution in [-0.4, -0.2) is 36.1 Å². The van der Waals surface area contributed by atoms with E-state index in [2.05, 4.69) is 0 Å². The molecule has 0 aliphatic rings. The van der Waals surface area contributed by atoms with Gasteiger partial charge in [0, 0.05) is 11.5 Å². The maximum Gasteiger partial charge on any atom is 0.160 e. The van der Waals surface area contributed by atoms with Gasteiger partial charge in [-0.25, -0.2) is 0 Å². The number of hydrogen-bond acceptors (Lipinski definition) is 5. The summed E-state index contributed by atoms with van der Waals surface area (Å²) in [5.41, 5.74) is 1.26. The second kappa shape index (κ2) is 7.15. The fourth-order valence-corrected chi connectivity index (χ4v) is 2.45. The van der Waals surface area contributed by atoms with Crippen LogP contribution in [0.3, 0.4) is 0 Å². The van der Waals surface area contributed by atoms with Crippen molar-refractivity contribution in [1.82, 2.24) is 0 Å². The number of phenols is 1. The molecule has 0 fully saturated rings. The molecular formula is C17H20O5. The first kappa shape index (κ1) is 16.1. The lowest BCUT2D eigenvalue weighted by molar-refractivity contribution is 0.105. The van der Waals surface area contributed by atoms with E-state index >= 15 is 0 Å². The molecule has 3 N–H and O–H groups in total. The van der Waals surface area contributed by atoms with Gasteiger partial charge in [-0.05, 0) is 23.8 Å². The maximum atomic E-state index is 10.6. The van der Waals surface area contributed by atoms with Crippen molar-refractivity contribution in [3.8, 4) is 17.2 Å². The molecule has 2 atom stereocenters. The first-order chi connectivity index (χ1) is 10.6. The number of aliphatic hydroxyl groups excluding tert-OH is 2. The van der Waals surface area contributed by atoms with Crippen LogP contribution in [0.1, 0.15) is 23.1 Å². The number of methoxy groups -OCH3 is 2. The van der Waals surface area contributed by atoms with Gasteiger partial charge in [0.2, 0.25) is 0 Å². The zero-order valence-corrected chi connectivity index (χ0v) is 12.6. The lowest BCUT2D eigenvalue weighted by atomic mass is 9.89. The Kier molecular flexibility index (Phi) is 5.25. The molecular weight excluding hydrogens is 284 g/mol. The molecule has 2 rings (SSSR count). The zero-order chi connectivity index (χ0) is 16.1. The van der Waals surface area contributed by atoms with Crippen LogP contribution in [0.4, 0.5) is 0 Å². The lowest BCUT2D eigenvalue weighted by Crippen LogP contribution is -2.16. The van der Waals surface area contributed by atoms with Crippen molar-refractivity contribution in [2.24, 2.45) is 0 Å². The Morgan fingerprint density at radius 1 is 1.00 bits per heavy atom. The number of ether oxygens (including phenoxy) is 2. The van der Waals surface area contributed by atoms with Crippen LogP contribution >= 0.6 is 0 Å². The van der Waals surface area contributed by atoms with Gasteiger partial charge in [-0.3, -0.25) is 0 Å². The van der Waals surface area contributed by atoms with Crippen molar-refractivity contribution in [1.29, 1.82) is 0 Å². The summed E-state index contributed by atoms with van der Waals surface area (Å²) in [6.07, 6.45) is -0.962. The first-order valence-corrected chi connectivity index (χ1v) is 6.91. The largest absolute Gasteiger partial charge is 0.504 e. The molecule has 0 spiro atoms. The van der Waals surface area contributed by atoms with E-state index in [1.807, 2.05) is 12.1 Å². The van der Waals surface area contributed by atoms with Crippen LogP contribution in [0.25, 0.3) is 0 Å². The van der Waals surface area contributed by atoms with Gasteiger partial charge in [-0.1, -0.05) is 24.3 Å².